The summed E-state index contributed by atoms with van der Waals surface area (Å²) >= 11 is 0.845. The fourth-order valence-electron chi connectivity index (χ4n) is 1.89. The molecule has 9 nitrogen and oxygen atoms in total. The molecular weight excluding hydrogens is 342 g/mol. The number of esters is 3. The van der Waals surface area contributed by atoms with Crippen molar-refractivity contribution >= 4 is 34.2 Å². The molecular formula is C14H15NO8S. The molecule has 10 heteroatoms. The quantitative estimate of drug-likeness (QED) is 0.603. The molecule has 24 heavy (non-hydrogen) atoms. The minimum Gasteiger partial charge on any atom is -0.493 e. The summed E-state index contributed by atoms with van der Waals surface area (Å²) in [7, 11) is 2.36. The molecule has 0 saturated heterocycles. The minimum atomic E-state index is -0.800. The maximum atomic E-state index is 11.9. The van der Waals surface area contributed by atoms with Crippen molar-refractivity contribution in [2.75, 3.05) is 33.2 Å². The highest BCUT2D eigenvalue weighted by atomic mass is 32.1. The molecule has 0 fully saturated rings. The number of hydrogen-bond acceptors (Lipinski definition) is 10. The second-order valence-electron chi connectivity index (χ2n) is 4.41. The zero-order valence-corrected chi connectivity index (χ0v) is 13.8. The number of rotatable bonds is 5. The van der Waals surface area contributed by atoms with E-state index in [9.17, 15) is 14.4 Å². The molecule has 1 aromatic rings. The Morgan fingerprint density at radius 3 is 2.46 bits per heavy atom. The van der Waals surface area contributed by atoms with Crippen LogP contribution in [0.25, 0.3) is 0 Å². The molecule has 0 saturated carbocycles. The number of nitrogen functional groups attached to an aromatic ring is 1. The van der Waals surface area contributed by atoms with Crippen LogP contribution in [-0.2, 0) is 35.1 Å². The average Bonchev–Trinajstić information content (AvgIpc) is 2.95. The van der Waals surface area contributed by atoms with Crippen LogP contribution >= 0.6 is 11.3 Å². The van der Waals surface area contributed by atoms with Gasteiger partial charge in [-0.3, -0.25) is 0 Å². The van der Waals surface area contributed by atoms with Gasteiger partial charge in [0, 0.05) is 5.56 Å². The minimum absolute atomic E-state index is 0.0366. The van der Waals surface area contributed by atoms with Crippen LogP contribution in [-0.4, -0.2) is 45.3 Å². The standard InChI is InChI=1S/C14H15NO8S/c1-19-13(17)9-7(10(14(18)20-2)24-11(9)15)5-23-12(16)8-6-21-3-4-22-8/h6H,3-5,15H2,1-2H3. The highest BCUT2D eigenvalue weighted by Gasteiger charge is 2.28. The van der Waals surface area contributed by atoms with Gasteiger partial charge in [-0.15, -0.1) is 11.3 Å². The molecule has 2 heterocycles. The molecule has 0 amide bonds. The van der Waals surface area contributed by atoms with E-state index in [1.165, 1.54) is 14.2 Å². The van der Waals surface area contributed by atoms with Crippen molar-refractivity contribution in [1.82, 2.24) is 0 Å². The van der Waals surface area contributed by atoms with Gasteiger partial charge in [-0.05, 0) is 0 Å². The lowest BCUT2D eigenvalue weighted by molar-refractivity contribution is -0.145. The molecule has 0 bridgehead atoms. The third-order valence-electron chi connectivity index (χ3n) is 2.99. The second-order valence-corrected chi connectivity index (χ2v) is 5.46. The topological polar surface area (TPSA) is 123 Å². The van der Waals surface area contributed by atoms with Crippen molar-refractivity contribution in [3.63, 3.8) is 0 Å². The van der Waals surface area contributed by atoms with Crippen LogP contribution in [0.4, 0.5) is 5.00 Å². The summed E-state index contributed by atoms with van der Waals surface area (Å²) in [5, 5.41) is 0.0600. The van der Waals surface area contributed by atoms with Crippen molar-refractivity contribution < 1.29 is 38.1 Å². The molecule has 0 atom stereocenters. The van der Waals surface area contributed by atoms with E-state index in [0.29, 0.717) is 6.61 Å². The molecule has 0 aromatic carbocycles. The summed E-state index contributed by atoms with van der Waals surface area (Å²) in [6, 6.07) is 0. The Bertz CT molecular complexity index is 693. The smallest absolute Gasteiger partial charge is 0.377 e. The number of anilines is 1. The lowest BCUT2D eigenvalue weighted by Gasteiger charge is -2.14. The van der Waals surface area contributed by atoms with Crippen LogP contribution in [0.15, 0.2) is 12.0 Å². The van der Waals surface area contributed by atoms with Gasteiger partial charge in [0.15, 0.2) is 0 Å². The van der Waals surface area contributed by atoms with E-state index in [-0.39, 0.29) is 40.0 Å². The van der Waals surface area contributed by atoms with Crippen LogP contribution in [0.1, 0.15) is 25.6 Å². The highest BCUT2D eigenvalue weighted by Crippen LogP contribution is 2.33. The number of thiophene rings is 1. The summed E-state index contributed by atoms with van der Waals surface area (Å²) < 4.78 is 24.4. The fourth-order valence-corrected chi connectivity index (χ4v) is 2.87. The van der Waals surface area contributed by atoms with Crippen LogP contribution < -0.4 is 5.73 Å². The van der Waals surface area contributed by atoms with Crippen molar-refractivity contribution in [1.29, 1.82) is 0 Å². The van der Waals surface area contributed by atoms with E-state index < -0.39 is 17.9 Å². The monoisotopic (exact) mass is 357 g/mol. The Labute approximate surface area is 140 Å². The average molecular weight is 357 g/mol. The van der Waals surface area contributed by atoms with Gasteiger partial charge in [-0.1, -0.05) is 0 Å². The van der Waals surface area contributed by atoms with E-state index in [1.807, 2.05) is 0 Å². The van der Waals surface area contributed by atoms with Gasteiger partial charge in [0.2, 0.25) is 5.76 Å². The predicted molar refractivity (Wildman–Crippen MR) is 81.2 cm³/mol. The number of carbonyl (C=O) groups excluding carboxylic acids is 3. The van der Waals surface area contributed by atoms with Crippen molar-refractivity contribution in [2.24, 2.45) is 0 Å². The van der Waals surface area contributed by atoms with Crippen molar-refractivity contribution in [3.05, 3.63) is 28.0 Å². The van der Waals surface area contributed by atoms with Crippen molar-refractivity contribution in [2.45, 2.75) is 6.61 Å². The summed E-state index contributed by atoms with van der Waals surface area (Å²) in [4.78, 5) is 35.7. The first-order chi connectivity index (χ1) is 11.5. The van der Waals surface area contributed by atoms with Crippen LogP contribution in [0.3, 0.4) is 0 Å². The highest BCUT2D eigenvalue weighted by molar-refractivity contribution is 7.18. The predicted octanol–water partition coefficient (Wildman–Crippen LogP) is 0.835. The lowest BCUT2D eigenvalue weighted by Crippen LogP contribution is -2.18. The number of nitrogens with two attached hydrogens (primary N) is 1. The summed E-state index contributed by atoms with van der Waals surface area (Å²) in [6.07, 6.45) is 1.14. The molecule has 1 aromatic heterocycles. The molecule has 0 radical (unpaired) electrons. The molecule has 2 rings (SSSR count). The fraction of sp³-hybridized carbons (Fsp3) is 0.357. The molecule has 0 aliphatic carbocycles. The summed E-state index contributed by atoms with van der Waals surface area (Å²) in [6.45, 7) is 0.159. The zero-order chi connectivity index (χ0) is 17.7. The van der Waals surface area contributed by atoms with E-state index in [4.69, 9.17) is 19.9 Å². The van der Waals surface area contributed by atoms with Gasteiger partial charge in [0.1, 0.15) is 41.5 Å². The first kappa shape index (κ1) is 17.6. The third-order valence-corrected chi connectivity index (χ3v) is 4.03. The lowest BCUT2D eigenvalue weighted by atomic mass is 10.1. The van der Waals surface area contributed by atoms with Crippen LogP contribution in [0.2, 0.25) is 0 Å². The Morgan fingerprint density at radius 2 is 1.88 bits per heavy atom. The van der Waals surface area contributed by atoms with Gasteiger partial charge in [0.05, 0.1) is 14.2 Å². The van der Waals surface area contributed by atoms with E-state index in [2.05, 4.69) is 9.47 Å². The van der Waals surface area contributed by atoms with E-state index in [0.717, 1.165) is 17.6 Å². The van der Waals surface area contributed by atoms with Gasteiger partial charge in [-0.2, -0.15) is 0 Å². The molecule has 0 unspecified atom stereocenters. The first-order valence-electron chi connectivity index (χ1n) is 6.69. The van der Waals surface area contributed by atoms with Gasteiger partial charge in [0.25, 0.3) is 0 Å². The van der Waals surface area contributed by atoms with Crippen molar-refractivity contribution in [3.8, 4) is 0 Å². The van der Waals surface area contributed by atoms with Gasteiger partial charge in [-0.25, -0.2) is 14.4 Å². The third kappa shape index (κ3) is 3.59. The number of carbonyl (C=O) groups is 3. The summed E-state index contributed by atoms with van der Waals surface area (Å²) in [5.41, 5.74) is 5.85. The largest absolute Gasteiger partial charge is 0.493 e. The van der Waals surface area contributed by atoms with Gasteiger partial charge < -0.3 is 29.4 Å². The Morgan fingerprint density at radius 1 is 1.17 bits per heavy atom. The summed E-state index contributed by atoms with van der Waals surface area (Å²) in [5.74, 6) is -2.36. The van der Waals surface area contributed by atoms with E-state index in [1.54, 1.807) is 0 Å². The van der Waals surface area contributed by atoms with Crippen LogP contribution in [0.5, 0.6) is 0 Å². The van der Waals surface area contributed by atoms with E-state index >= 15 is 0 Å². The maximum absolute atomic E-state index is 11.9. The van der Waals surface area contributed by atoms with Gasteiger partial charge >= 0.3 is 17.9 Å². The molecule has 2 N–H and O–H groups in total. The molecule has 0 spiro atoms. The number of hydrogen-bond donors (Lipinski definition) is 1. The maximum Gasteiger partial charge on any atom is 0.377 e. The number of ether oxygens (including phenoxy) is 5. The number of methoxy groups -OCH3 is 2. The normalized spacial score (nSPS) is 13.2. The SMILES string of the molecule is COC(=O)c1sc(N)c(C(=O)OC)c1COC(=O)C1=COCCO1. The Balaban J connectivity index is 2.26. The second kappa shape index (κ2) is 7.68. The van der Waals surface area contributed by atoms with Crippen LogP contribution in [0, 0.1) is 0 Å². The zero-order valence-electron chi connectivity index (χ0n) is 13.0. The Hall–Kier alpha value is -2.75. The first-order valence-corrected chi connectivity index (χ1v) is 7.50. The Kier molecular flexibility index (Phi) is 5.64. The molecule has 130 valence electrons. The molecule has 1 aliphatic heterocycles. The molecule has 1 aliphatic rings.